The van der Waals surface area contributed by atoms with Crippen LogP contribution in [0.2, 0.25) is 15.1 Å². The van der Waals surface area contributed by atoms with E-state index in [0.717, 1.165) is 18.7 Å². The molecule has 1 fully saturated rings. The zero-order chi connectivity index (χ0) is 17.3. The molecule has 0 radical (unpaired) electrons. The first-order chi connectivity index (χ1) is 11.5. The van der Waals surface area contributed by atoms with Crippen LogP contribution in [0.25, 0.3) is 0 Å². The fourth-order valence-corrected chi connectivity index (χ4v) is 3.53. The highest BCUT2D eigenvalue weighted by Gasteiger charge is 2.34. The fourth-order valence-electron chi connectivity index (χ4n) is 3.10. The summed E-state index contributed by atoms with van der Waals surface area (Å²) in [5, 5.41) is 5.05. The third-order valence-electron chi connectivity index (χ3n) is 4.46. The summed E-state index contributed by atoms with van der Waals surface area (Å²) >= 11 is 18.0. The van der Waals surface area contributed by atoms with Gasteiger partial charge in [-0.2, -0.15) is 0 Å². The van der Waals surface area contributed by atoms with Gasteiger partial charge in [0.15, 0.2) is 0 Å². The Labute approximate surface area is 156 Å². The van der Waals surface area contributed by atoms with Gasteiger partial charge in [0, 0.05) is 36.6 Å². The summed E-state index contributed by atoms with van der Waals surface area (Å²) in [7, 11) is 1.83. The number of carbonyl (C=O) groups excluding carboxylic acids is 1. The molecular weight excluding hydrogens is 367 g/mol. The Bertz CT molecular complexity index is 748. The van der Waals surface area contributed by atoms with Crippen molar-refractivity contribution in [1.29, 1.82) is 0 Å². The van der Waals surface area contributed by atoms with Crippen LogP contribution in [-0.2, 0) is 0 Å². The molecule has 2 aromatic carbocycles. The Hall–Kier alpha value is -1.26. The monoisotopic (exact) mass is 382 g/mol. The van der Waals surface area contributed by atoms with Crippen molar-refractivity contribution in [2.45, 2.75) is 12.0 Å². The van der Waals surface area contributed by atoms with Crippen molar-refractivity contribution < 1.29 is 4.79 Å². The van der Waals surface area contributed by atoms with Gasteiger partial charge in [-0.1, -0.05) is 40.9 Å². The number of amides is 1. The van der Waals surface area contributed by atoms with Crippen LogP contribution in [-0.4, -0.2) is 37.0 Å². The van der Waals surface area contributed by atoms with E-state index in [1.165, 1.54) is 0 Å². The zero-order valence-corrected chi connectivity index (χ0v) is 15.4. The van der Waals surface area contributed by atoms with Gasteiger partial charge < -0.3 is 10.2 Å². The predicted octanol–water partition coefficient (Wildman–Crippen LogP) is 4.47. The highest BCUT2D eigenvalue weighted by molar-refractivity contribution is 6.42. The van der Waals surface area contributed by atoms with E-state index in [1.807, 2.05) is 19.2 Å². The van der Waals surface area contributed by atoms with Crippen LogP contribution in [0, 0.1) is 0 Å². The second-order valence-electron chi connectivity index (χ2n) is 5.93. The summed E-state index contributed by atoms with van der Waals surface area (Å²) in [5.74, 6) is 0.145. The quantitative estimate of drug-likeness (QED) is 0.848. The van der Waals surface area contributed by atoms with E-state index in [0.29, 0.717) is 20.6 Å². The lowest BCUT2D eigenvalue weighted by Crippen LogP contribution is -2.41. The maximum absolute atomic E-state index is 12.7. The number of likely N-dealkylation sites (N-methyl/N-ethyl adjacent to an activating group) is 1. The average molecular weight is 384 g/mol. The molecule has 6 heteroatoms. The number of hydrogen-bond acceptors (Lipinski definition) is 2. The van der Waals surface area contributed by atoms with Crippen molar-refractivity contribution in [3.8, 4) is 0 Å². The largest absolute Gasteiger partial charge is 0.337 e. The SMILES string of the molecule is CN(C(=O)c1ccc(Cl)cc1)[C@@H]1CNC[C@@H]1c1ccc(Cl)c(Cl)c1. The zero-order valence-electron chi connectivity index (χ0n) is 13.1. The van der Waals surface area contributed by atoms with E-state index in [9.17, 15) is 4.79 Å². The van der Waals surface area contributed by atoms with Gasteiger partial charge in [0.25, 0.3) is 5.91 Å². The molecule has 0 saturated carbocycles. The second-order valence-corrected chi connectivity index (χ2v) is 7.18. The molecule has 0 aromatic heterocycles. The number of carbonyl (C=O) groups is 1. The molecule has 1 heterocycles. The van der Waals surface area contributed by atoms with Crippen molar-refractivity contribution in [1.82, 2.24) is 10.2 Å². The minimum absolute atomic E-state index is 0.0228. The standard InChI is InChI=1S/C18H17Cl3N2O/c1-23(18(24)11-2-5-13(19)6-3-11)17-10-22-9-14(17)12-4-7-15(20)16(21)8-12/h2-8,14,17,22H,9-10H2,1H3/t14-,17-/m1/s1. The summed E-state index contributed by atoms with van der Waals surface area (Å²) in [6.45, 7) is 1.53. The topological polar surface area (TPSA) is 32.3 Å². The van der Waals surface area contributed by atoms with E-state index in [-0.39, 0.29) is 17.9 Å². The van der Waals surface area contributed by atoms with Crippen molar-refractivity contribution in [3.05, 3.63) is 68.7 Å². The number of nitrogens with one attached hydrogen (secondary N) is 1. The molecule has 3 nitrogen and oxygen atoms in total. The van der Waals surface area contributed by atoms with Crippen molar-refractivity contribution >= 4 is 40.7 Å². The Balaban J connectivity index is 1.82. The van der Waals surface area contributed by atoms with E-state index in [4.69, 9.17) is 34.8 Å². The summed E-state index contributed by atoms with van der Waals surface area (Å²) in [5.41, 5.74) is 1.71. The Morgan fingerprint density at radius 1 is 1.04 bits per heavy atom. The van der Waals surface area contributed by atoms with Crippen molar-refractivity contribution in [3.63, 3.8) is 0 Å². The Morgan fingerprint density at radius 2 is 1.75 bits per heavy atom. The molecule has 126 valence electrons. The highest BCUT2D eigenvalue weighted by atomic mass is 35.5. The molecule has 2 atom stereocenters. The van der Waals surface area contributed by atoms with Gasteiger partial charge in [0.1, 0.15) is 0 Å². The normalized spacial score (nSPS) is 20.2. The lowest BCUT2D eigenvalue weighted by molar-refractivity contribution is 0.0732. The fraction of sp³-hybridized carbons (Fsp3) is 0.278. The van der Waals surface area contributed by atoms with Crippen molar-refractivity contribution in [2.24, 2.45) is 0 Å². The molecule has 1 aliphatic rings. The lowest BCUT2D eigenvalue weighted by Gasteiger charge is -2.29. The highest BCUT2D eigenvalue weighted by Crippen LogP contribution is 2.31. The van der Waals surface area contributed by atoms with Crippen LogP contribution < -0.4 is 5.32 Å². The number of hydrogen-bond donors (Lipinski definition) is 1. The molecule has 1 N–H and O–H groups in total. The van der Waals surface area contributed by atoms with Gasteiger partial charge in [-0.25, -0.2) is 0 Å². The molecule has 0 aliphatic carbocycles. The molecule has 24 heavy (non-hydrogen) atoms. The Morgan fingerprint density at radius 3 is 2.42 bits per heavy atom. The maximum atomic E-state index is 12.7. The van der Waals surface area contributed by atoms with Gasteiger partial charge in [0.05, 0.1) is 16.1 Å². The summed E-state index contributed by atoms with van der Waals surface area (Å²) in [4.78, 5) is 14.5. The first-order valence-corrected chi connectivity index (χ1v) is 8.79. The van der Waals surface area contributed by atoms with Crippen LogP contribution in [0.1, 0.15) is 21.8 Å². The summed E-state index contributed by atoms with van der Waals surface area (Å²) in [6, 6.07) is 12.7. The number of rotatable bonds is 3. The molecule has 0 unspecified atom stereocenters. The van der Waals surface area contributed by atoms with Crippen LogP contribution in [0.5, 0.6) is 0 Å². The van der Waals surface area contributed by atoms with Gasteiger partial charge >= 0.3 is 0 Å². The molecule has 1 amide bonds. The molecule has 2 aromatic rings. The van der Waals surface area contributed by atoms with Crippen LogP contribution in [0.4, 0.5) is 0 Å². The number of halogens is 3. The maximum Gasteiger partial charge on any atom is 0.253 e. The number of benzene rings is 2. The van der Waals surface area contributed by atoms with E-state index in [1.54, 1.807) is 35.2 Å². The molecule has 0 spiro atoms. The van der Waals surface area contributed by atoms with Crippen molar-refractivity contribution in [2.75, 3.05) is 20.1 Å². The minimum atomic E-state index is -0.0228. The smallest absolute Gasteiger partial charge is 0.253 e. The molecule has 1 saturated heterocycles. The van der Waals surface area contributed by atoms with Gasteiger partial charge in [-0.3, -0.25) is 4.79 Å². The molecule has 0 bridgehead atoms. The van der Waals surface area contributed by atoms with Crippen LogP contribution in [0.3, 0.4) is 0 Å². The van der Waals surface area contributed by atoms with Gasteiger partial charge in [-0.05, 0) is 42.0 Å². The first kappa shape index (κ1) is 17.6. The molecule has 3 rings (SSSR count). The summed E-state index contributed by atoms with van der Waals surface area (Å²) in [6.07, 6.45) is 0. The first-order valence-electron chi connectivity index (χ1n) is 7.66. The predicted molar refractivity (Wildman–Crippen MR) is 99.4 cm³/mol. The molecular formula is C18H17Cl3N2O. The van der Waals surface area contributed by atoms with Gasteiger partial charge in [0.2, 0.25) is 0 Å². The minimum Gasteiger partial charge on any atom is -0.337 e. The van der Waals surface area contributed by atoms with E-state index < -0.39 is 0 Å². The number of nitrogens with zero attached hydrogens (tertiary/aromatic N) is 1. The third kappa shape index (κ3) is 3.55. The van der Waals surface area contributed by atoms with Crippen LogP contribution in [0.15, 0.2) is 42.5 Å². The van der Waals surface area contributed by atoms with Crippen LogP contribution >= 0.6 is 34.8 Å². The molecule has 1 aliphatic heterocycles. The Kier molecular flexibility index (Phi) is 5.36. The summed E-state index contributed by atoms with van der Waals surface area (Å²) < 4.78 is 0. The lowest BCUT2D eigenvalue weighted by atomic mass is 9.93. The second kappa shape index (κ2) is 7.32. The third-order valence-corrected chi connectivity index (χ3v) is 5.45. The van der Waals surface area contributed by atoms with E-state index in [2.05, 4.69) is 5.32 Å². The van der Waals surface area contributed by atoms with Gasteiger partial charge in [-0.15, -0.1) is 0 Å². The average Bonchev–Trinajstić information content (AvgIpc) is 3.06. The van der Waals surface area contributed by atoms with E-state index >= 15 is 0 Å².